The van der Waals surface area contributed by atoms with Gasteiger partial charge in [-0.3, -0.25) is 9.69 Å². The molecule has 2 atom stereocenters. The first-order valence-electron chi connectivity index (χ1n) is 8.20. The lowest BCUT2D eigenvalue weighted by atomic mass is 10.1. The molecule has 2 aliphatic rings. The maximum atomic E-state index is 12.2. The molecular weight excluding hydrogens is 282 g/mol. The predicted octanol–water partition coefficient (Wildman–Crippen LogP) is 1.01. The molecular formula is C15H25N5O2. The minimum absolute atomic E-state index is 0.112. The predicted molar refractivity (Wildman–Crippen MR) is 81.1 cm³/mol. The topological polar surface area (TPSA) is 83.3 Å². The van der Waals surface area contributed by atoms with Crippen LogP contribution in [0, 0.1) is 5.92 Å². The fourth-order valence-corrected chi connectivity index (χ4v) is 3.23. The minimum Gasteiger partial charge on any atom is -0.344 e. The fourth-order valence-electron chi connectivity index (χ4n) is 3.23. The van der Waals surface area contributed by atoms with Crippen molar-refractivity contribution >= 4 is 5.91 Å². The molecule has 0 spiro atoms. The van der Waals surface area contributed by atoms with Crippen LogP contribution in [0.3, 0.4) is 0 Å². The van der Waals surface area contributed by atoms with E-state index in [0.717, 1.165) is 45.3 Å². The van der Waals surface area contributed by atoms with Gasteiger partial charge in [-0.15, -0.1) is 0 Å². The summed E-state index contributed by atoms with van der Waals surface area (Å²) in [5, 5.41) is 10.4. The van der Waals surface area contributed by atoms with Crippen LogP contribution in [-0.2, 0) is 4.79 Å². The Morgan fingerprint density at radius 1 is 1.45 bits per heavy atom. The lowest BCUT2D eigenvalue weighted by Gasteiger charge is -2.30. The maximum Gasteiger partial charge on any atom is 0.248 e. The zero-order valence-electron chi connectivity index (χ0n) is 13.3. The van der Waals surface area contributed by atoms with E-state index in [4.69, 9.17) is 4.52 Å². The second kappa shape index (κ2) is 6.75. The molecule has 1 aliphatic heterocycles. The number of nitrogens with one attached hydrogen (secondary N) is 2. The van der Waals surface area contributed by atoms with Crippen molar-refractivity contribution in [3.05, 3.63) is 11.7 Å². The van der Waals surface area contributed by atoms with Gasteiger partial charge in [-0.2, -0.15) is 4.98 Å². The molecule has 1 aromatic rings. The number of carbonyl (C=O) groups is 1. The fraction of sp³-hybridized carbons (Fsp3) is 0.800. The smallest absolute Gasteiger partial charge is 0.248 e. The zero-order chi connectivity index (χ0) is 15.5. The van der Waals surface area contributed by atoms with E-state index in [2.05, 4.69) is 32.7 Å². The summed E-state index contributed by atoms with van der Waals surface area (Å²) in [6.07, 6.45) is 4.29. The number of aromatic nitrogens is 2. The van der Waals surface area contributed by atoms with Gasteiger partial charge < -0.3 is 15.2 Å². The SMILES string of the molecule is CC(NC(=O)C1CCCC1)c1nc(C2CNCCN2C)no1. The van der Waals surface area contributed by atoms with Crippen LogP contribution < -0.4 is 10.6 Å². The third kappa shape index (κ3) is 3.30. The molecule has 2 heterocycles. The van der Waals surface area contributed by atoms with Gasteiger partial charge in [-0.1, -0.05) is 18.0 Å². The van der Waals surface area contributed by atoms with Gasteiger partial charge in [-0.05, 0) is 26.8 Å². The summed E-state index contributed by atoms with van der Waals surface area (Å²) in [4.78, 5) is 18.9. The number of likely N-dealkylation sites (N-methyl/N-ethyl adjacent to an activating group) is 1. The van der Waals surface area contributed by atoms with E-state index in [-0.39, 0.29) is 23.9 Å². The minimum atomic E-state index is -0.240. The summed E-state index contributed by atoms with van der Waals surface area (Å²) >= 11 is 0. The van der Waals surface area contributed by atoms with Crippen LogP contribution in [0.25, 0.3) is 0 Å². The van der Waals surface area contributed by atoms with E-state index in [1.807, 2.05) is 6.92 Å². The first-order chi connectivity index (χ1) is 10.6. The van der Waals surface area contributed by atoms with Gasteiger partial charge in [0.05, 0.1) is 6.04 Å². The molecule has 122 valence electrons. The summed E-state index contributed by atoms with van der Waals surface area (Å²) in [5.74, 6) is 1.44. The lowest BCUT2D eigenvalue weighted by molar-refractivity contribution is -0.125. The molecule has 2 fully saturated rings. The highest BCUT2D eigenvalue weighted by molar-refractivity contribution is 5.79. The van der Waals surface area contributed by atoms with Crippen LogP contribution in [-0.4, -0.2) is 47.6 Å². The molecule has 1 saturated carbocycles. The summed E-state index contributed by atoms with van der Waals surface area (Å²) in [6.45, 7) is 4.65. The highest BCUT2D eigenvalue weighted by atomic mass is 16.5. The Labute approximate surface area is 130 Å². The summed E-state index contributed by atoms with van der Waals surface area (Å²) < 4.78 is 5.36. The van der Waals surface area contributed by atoms with Gasteiger partial charge in [0.1, 0.15) is 6.04 Å². The average Bonchev–Trinajstić information content (AvgIpc) is 3.19. The molecule has 2 N–H and O–H groups in total. The Morgan fingerprint density at radius 2 is 2.23 bits per heavy atom. The standard InChI is InChI=1S/C15H25N5O2/c1-10(17-14(21)11-5-3-4-6-11)15-18-13(19-22-15)12-9-16-7-8-20(12)2/h10-12,16H,3-9H2,1-2H3,(H,17,21). The molecule has 0 bridgehead atoms. The first-order valence-corrected chi connectivity index (χ1v) is 8.20. The second-order valence-electron chi connectivity index (χ2n) is 6.40. The van der Waals surface area contributed by atoms with Crippen LogP contribution in [0.1, 0.15) is 56.4 Å². The van der Waals surface area contributed by atoms with Crippen LogP contribution in [0.4, 0.5) is 0 Å². The summed E-state index contributed by atoms with van der Waals surface area (Å²) in [6, 6.07) is -0.111. The molecule has 22 heavy (non-hydrogen) atoms. The van der Waals surface area contributed by atoms with Gasteiger partial charge in [-0.25, -0.2) is 0 Å². The number of hydrogen-bond acceptors (Lipinski definition) is 6. The van der Waals surface area contributed by atoms with E-state index >= 15 is 0 Å². The van der Waals surface area contributed by atoms with Crippen molar-refractivity contribution in [3.8, 4) is 0 Å². The van der Waals surface area contributed by atoms with Crippen LogP contribution >= 0.6 is 0 Å². The molecule has 1 aliphatic carbocycles. The molecule has 0 radical (unpaired) electrons. The molecule has 0 aromatic carbocycles. The average molecular weight is 307 g/mol. The number of carbonyl (C=O) groups excluding carboxylic acids is 1. The third-order valence-electron chi connectivity index (χ3n) is 4.72. The van der Waals surface area contributed by atoms with Crippen LogP contribution in [0.2, 0.25) is 0 Å². The number of amides is 1. The Hall–Kier alpha value is -1.47. The maximum absolute atomic E-state index is 12.2. The molecule has 7 heteroatoms. The van der Waals surface area contributed by atoms with Crippen molar-refractivity contribution in [2.24, 2.45) is 5.92 Å². The van der Waals surface area contributed by atoms with E-state index < -0.39 is 0 Å². The molecule has 1 aromatic heterocycles. The quantitative estimate of drug-likeness (QED) is 0.864. The molecule has 1 amide bonds. The highest BCUT2D eigenvalue weighted by Gasteiger charge is 2.28. The van der Waals surface area contributed by atoms with Crippen LogP contribution in [0.5, 0.6) is 0 Å². The Bertz CT molecular complexity index is 512. The molecule has 1 saturated heterocycles. The molecule has 7 nitrogen and oxygen atoms in total. The van der Waals surface area contributed by atoms with Gasteiger partial charge in [0.15, 0.2) is 5.82 Å². The molecule has 3 rings (SSSR count). The zero-order valence-corrected chi connectivity index (χ0v) is 13.3. The summed E-state index contributed by atoms with van der Waals surface area (Å²) in [7, 11) is 2.06. The number of piperazine rings is 1. The monoisotopic (exact) mass is 307 g/mol. The Kier molecular flexibility index (Phi) is 4.73. The van der Waals surface area contributed by atoms with Crippen molar-refractivity contribution in [2.75, 3.05) is 26.7 Å². The summed E-state index contributed by atoms with van der Waals surface area (Å²) in [5.41, 5.74) is 0. The van der Waals surface area contributed by atoms with Gasteiger partial charge in [0, 0.05) is 25.6 Å². The second-order valence-corrected chi connectivity index (χ2v) is 6.40. The van der Waals surface area contributed by atoms with E-state index in [0.29, 0.717) is 11.7 Å². The third-order valence-corrected chi connectivity index (χ3v) is 4.72. The number of nitrogens with zero attached hydrogens (tertiary/aromatic N) is 3. The van der Waals surface area contributed by atoms with Gasteiger partial charge in [0.2, 0.25) is 11.8 Å². The Balaban J connectivity index is 1.61. The van der Waals surface area contributed by atoms with Crippen molar-refractivity contribution in [2.45, 2.75) is 44.7 Å². The van der Waals surface area contributed by atoms with Gasteiger partial charge >= 0.3 is 0 Å². The highest BCUT2D eigenvalue weighted by Crippen LogP contribution is 2.26. The van der Waals surface area contributed by atoms with Crippen molar-refractivity contribution in [1.82, 2.24) is 25.7 Å². The van der Waals surface area contributed by atoms with Crippen molar-refractivity contribution in [1.29, 1.82) is 0 Å². The van der Waals surface area contributed by atoms with E-state index in [1.54, 1.807) is 0 Å². The molecule has 2 unspecified atom stereocenters. The Morgan fingerprint density at radius 3 is 2.95 bits per heavy atom. The van der Waals surface area contributed by atoms with Crippen molar-refractivity contribution in [3.63, 3.8) is 0 Å². The largest absolute Gasteiger partial charge is 0.344 e. The first kappa shape index (κ1) is 15.4. The van der Waals surface area contributed by atoms with Crippen LogP contribution in [0.15, 0.2) is 4.52 Å². The normalized spacial score (nSPS) is 25.3. The van der Waals surface area contributed by atoms with E-state index in [9.17, 15) is 4.79 Å². The van der Waals surface area contributed by atoms with Crippen molar-refractivity contribution < 1.29 is 9.32 Å². The number of rotatable bonds is 4. The lowest BCUT2D eigenvalue weighted by Crippen LogP contribution is -2.44. The van der Waals surface area contributed by atoms with E-state index in [1.165, 1.54) is 0 Å². The number of hydrogen-bond donors (Lipinski definition) is 2. The van der Waals surface area contributed by atoms with Gasteiger partial charge in [0.25, 0.3) is 0 Å².